The van der Waals surface area contributed by atoms with Gasteiger partial charge in [-0.2, -0.15) is 0 Å². The van der Waals surface area contributed by atoms with Crippen LogP contribution in [0.2, 0.25) is 0 Å². The molecule has 0 atom stereocenters. The van der Waals surface area contributed by atoms with Gasteiger partial charge in [-0.15, -0.1) is 0 Å². The third kappa shape index (κ3) is 3.08. The Labute approximate surface area is 133 Å². The van der Waals surface area contributed by atoms with Crippen molar-refractivity contribution in [1.82, 2.24) is 4.57 Å². The molecule has 0 spiro atoms. The summed E-state index contributed by atoms with van der Waals surface area (Å²) in [6.07, 6.45) is 4.25. The Bertz CT molecular complexity index is 641. The summed E-state index contributed by atoms with van der Waals surface area (Å²) in [7, 11) is 0. The lowest BCUT2D eigenvalue weighted by Crippen LogP contribution is -2.13. The summed E-state index contributed by atoms with van der Waals surface area (Å²) in [6, 6.07) is 10.1. The van der Waals surface area contributed by atoms with Gasteiger partial charge in [-0.25, -0.2) is 0 Å². The third-order valence-corrected chi connectivity index (χ3v) is 4.16. The lowest BCUT2D eigenvalue weighted by atomic mass is 9.98. The smallest absolute Gasteiger partial charge is 0.251 e. The number of nitrogens with zero attached hydrogens (tertiary/aromatic N) is 1. The number of hydrogen-bond donors (Lipinski definition) is 1. The molecule has 0 saturated heterocycles. The molecule has 22 heavy (non-hydrogen) atoms. The Kier molecular flexibility index (Phi) is 5.42. The molecule has 0 fully saturated rings. The largest absolute Gasteiger partial charge is 0.366 e. The van der Waals surface area contributed by atoms with Crippen LogP contribution in [0.5, 0.6) is 0 Å². The monoisotopic (exact) mass is 298 g/mol. The highest BCUT2D eigenvalue weighted by molar-refractivity contribution is 6.02. The van der Waals surface area contributed by atoms with E-state index in [1.54, 1.807) is 0 Å². The molecule has 1 aromatic carbocycles. The van der Waals surface area contributed by atoms with Gasteiger partial charge in [0.05, 0.1) is 5.56 Å². The summed E-state index contributed by atoms with van der Waals surface area (Å²) in [4.78, 5) is 12.1. The van der Waals surface area contributed by atoms with Crippen LogP contribution in [-0.2, 0) is 13.0 Å². The standard InChI is InChI=1S/C19H26N2O/c1-4-6-13-21-14(3)17(19(20)22)18(16(21)10-5-2)15-11-8-7-9-12-15/h7-9,11-12H,4-6,10,13H2,1-3H3,(H2,20,22). The number of carbonyl (C=O) groups excluding carboxylic acids is 1. The summed E-state index contributed by atoms with van der Waals surface area (Å²) in [5, 5.41) is 0. The van der Waals surface area contributed by atoms with E-state index in [4.69, 9.17) is 5.73 Å². The number of aromatic nitrogens is 1. The van der Waals surface area contributed by atoms with E-state index in [0.717, 1.165) is 49.0 Å². The van der Waals surface area contributed by atoms with Crippen LogP contribution in [-0.4, -0.2) is 10.5 Å². The Morgan fingerprint density at radius 3 is 2.36 bits per heavy atom. The molecule has 3 nitrogen and oxygen atoms in total. The van der Waals surface area contributed by atoms with E-state index in [2.05, 4.69) is 30.5 Å². The molecule has 1 aromatic heterocycles. The van der Waals surface area contributed by atoms with Crippen LogP contribution >= 0.6 is 0 Å². The highest BCUT2D eigenvalue weighted by atomic mass is 16.1. The van der Waals surface area contributed by atoms with Gasteiger partial charge in [-0.3, -0.25) is 4.79 Å². The second-order valence-electron chi connectivity index (χ2n) is 5.77. The van der Waals surface area contributed by atoms with Crippen molar-refractivity contribution >= 4 is 5.91 Å². The molecule has 3 heteroatoms. The summed E-state index contributed by atoms with van der Waals surface area (Å²) in [6.45, 7) is 7.32. The number of primary amides is 1. The number of amides is 1. The Balaban J connectivity index is 2.69. The van der Waals surface area contributed by atoms with Gasteiger partial charge in [-0.1, -0.05) is 57.0 Å². The molecule has 2 rings (SSSR count). The minimum atomic E-state index is -0.330. The molecular weight excluding hydrogens is 272 g/mol. The van der Waals surface area contributed by atoms with Crippen LogP contribution in [0.15, 0.2) is 30.3 Å². The molecule has 1 amide bonds. The zero-order chi connectivity index (χ0) is 16.1. The fraction of sp³-hybridized carbons (Fsp3) is 0.421. The molecule has 2 N–H and O–H groups in total. The normalized spacial score (nSPS) is 10.9. The highest BCUT2D eigenvalue weighted by Gasteiger charge is 2.23. The summed E-state index contributed by atoms with van der Waals surface area (Å²) in [5.74, 6) is -0.330. The molecule has 2 aromatic rings. The van der Waals surface area contributed by atoms with Crippen molar-refractivity contribution in [2.24, 2.45) is 5.73 Å². The predicted octanol–water partition coefficient (Wildman–Crippen LogP) is 4.32. The first-order valence-electron chi connectivity index (χ1n) is 8.18. The van der Waals surface area contributed by atoms with E-state index in [0.29, 0.717) is 5.56 Å². The highest BCUT2D eigenvalue weighted by Crippen LogP contribution is 2.33. The van der Waals surface area contributed by atoms with Crippen molar-refractivity contribution in [1.29, 1.82) is 0 Å². The fourth-order valence-electron chi connectivity index (χ4n) is 3.13. The van der Waals surface area contributed by atoms with Crippen LogP contribution in [0.1, 0.15) is 54.9 Å². The van der Waals surface area contributed by atoms with Gasteiger partial charge in [-0.05, 0) is 25.3 Å². The predicted molar refractivity (Wildman–Crippen MR) is 92.0 cm³/mol. The van der Waals surface area contributed by atoms with Gasteiger partial charge < -0.3 is 10.3 Å². The second-order valence-corrected chi connectivity index (χ2v) is 5.77. The van der Waals surface area contributed by atoms with Crippen molar-refractivity contribution in [3.8, 4) is 11.1 Å². The molecule has 0 unspecified atom stereocenters. The molecule has 0 aliphatic carbocycles. The molecule has 0 radical (unpaired) electrons. The quantitative estimate of drug-likeness (QED) is 0.813. The van der Waals surface area contributed by atoms with Crippen LogP contribution in [0.25, 0.3) is 11.1 Å². The maximum Gasteiger partial charge on any atom is 0.251 e. The van der Waals surface area contributed by atoms with Gasteiger partial charge >= 0.3 is 0 Å². The van der Waals surface area contributed by atoms with Crippen LogP contribution in [0.4, 0.5) is 0 Å². The Hall–Kier alpha value is -2.03. The van der Waals surface area contributed by atoms with Gasteiger partial charge in [0, 0.05) is 23.5 Å². The van der Waals surface area contributed by atoms with Crippen LogP contribution in [0.3, 0.4) is 0 Å². The molecule has 0 saturated carbocycles. The van der Waals surface area contributed by atoms with E-state index in [1.165, 1.54) is 5.69 Å². The summed E-state index contributed by atoms with van der Waals surface area (Å²) >= 11 is 0. The zero-order valence-electron chi connectivity index (χ0n) is 13.9. The van der Waals surface area contributed by atoms with E-state index in [9.17, 15) is 4.79 Å². The maximum atomic E-state index is 12.1. The van der Waals surface area contributed by atoms with Crippen LogP contribution in [0, 0.1) is 6.92 Å². The molecular formula is C19H26N2O. The minimum Gasteiger partial charge on any atom is -0.366 e. The van der Waals surface area contributed by atoms with Gasteiger partial charge in [0.1, 0.15) is 0 Å². The first kappa shape index (κ1) is 16.3. The van der Waals surface area contributed by atoms with Gasteiger partial charge in [0.15, 0.2) is 0 Å². The average Bonchev–Trinajstić information content (AvgIpc) is 2.79. The zero-order valence-corrected chi connectivity index (χ0v) is 13.9. The van der Waals surface area contributed by atoms with Crippen molar-refractivity contribution in [3.05, 3.63) is 47.3 Å². The van der Waals surface area contributed by atoms with Crippen molar-refractivity contribution in [2.75, 3.05) is 0 Å². The summed E-state index contributed by atoms with van der Waals surface area (Å²) < 4.78 is 2.30. The molecule has 0 aliphatic heterocycles. The van der Waals surface area contributed by atoms with E-state index in [-0.39, 0.29) is 5.91 Å². The number of carbonyl (C=O) groups is 1. The maximum absolute atomic E-state index is 12.1. The van der Waals surface area contributed by atoms with Crippen LogP contribution < -0.4 is 5.73 Å². The molecule has 1 heterocycles. The Morgan fingerprint density at radius 1 is 1.14 bits per heavy atom. The van der Waals surface area contributed by atoms with E-state index < -0.39 is 0 Å². The lowest BCUT2D eigenvalue weighted by Gasteiger charge is -2.12. The number of benzene rings is 1. The summed E-state index contributed by atoms with van der Waals surface area (Å²) in [5.41, 5.74) is 10.8. The molecule has 0 bridgehead atoms. The Morgan fingerprint density at radius 2 is 1.82 bits per heavy atom. The molecule has 0 aliphatic rings. The number of nitrogens with two attached hydrogens (primary N) is 1. The first-order chi connectivity index (χ1) is 10.6. The van der Waals surface area contributed by atoms with Crippen molar-refractivity contribution in [2.45, 2.75) is 53.0 Å². The molecule has 118 valence electrons. The topological polar surface area (TPSA) is 48.0 Å². The second kappa shape index (κ2) is 7.30. The minimum absolute atomic E-state index is 0.330. The average molecular weight is 298 g/mol. The number of rotatable bonds is 7. The van der Waals surface area contributed by atoms with Gasteiger partial charge in [0.2, 0.25) is 0 Å². The van der Waals surface area contributed by atoms with Gasteiger partial charge in [0.25, 0.3) is 5.91 Å². The SMILES string of the molecule is CCCCn1c(C)c(C(N)=O)c(-c2ccccc2)c1CCC. The fourth-order valence-corrected chi connectivity index (χ4v) is 3.13. The lowest BCUT2D eigenvalue weighted by molar-refractivity contribution is 0.1000. The first-order valence-corrected chi connectivity index (χ1v) is 8.18. The number of hydrogen-bond acceptors (Lipinski definition) is 1. The van der Waals surface area contributed by atoms with E-state index in [1.807, 2.05) is 25.1 Å². The van der Waals surface area contributed by atoms with E-state index >= 15 is 0 Å². The van der Waals surface area contributed by atoms with Crippen molar-refractivity contribution < 1.29 is 4.79 Å². The number of unbranched alkanes of at least 4 members (excludes halogenated alkanes) is 1. The van der Waals surface area contributed by atoms with Crippen molar-refractivity contribution in [3.63, 3.8) is 0 Å². The third-order valence-electron chi connectivity index (χ3n) is 4.16.